The smallest absolute Gasteiger partial charge is 0.311 e. The Morgan fingerprint density at radius 1 is 1.38 bits per heavy atom. The van der Waals surface area contributed by atoms with Gasteiger partial charge in [-0.2, -0.15) is 0 Å². The van der Waals surface area contributed by atoms with E-state index in [1.54, 1.807) is 0 Å². The van der Waals surface area contributed by atoms with Crippen LogP contribution in [0, 0.1) is 17.3 Å². The van der Waals surface area contributed by atoms with Gasteiger partial charge in [0, 0.05) is 0 Å². The van der Waals surface area contributed by atoms with Crippen molar-refractivity contribution < 1.29 is 9.53 Å². The topological polar surface area (TPSA) is 26.3 Å². The number of hydrogen-bond donors (Lipinski definition) is 0. The number of hydrogen-bond acceptors (Lipinski definition) is 2. The molecule has 2 aliphatic carbocycles. The maximum Gasteiger partial charge on any atom is 0.311 e. The first-order valence-corrected chi connectivity index (χ1v) is 6.61. The van der Waals surface area contributed by atoms with Gasteiger partial charge in [0.1, 0.15) is 5.60 Å². The molecule has 2 saturated carbocycles. The van der Waals surface area contributed by atoms with E-state index in [1.165, 1.54) is 19.3 Å². The van der Waals surface area contributed by atoms with E-state index >= 15 is 0 Å². The van der Waals surface area contributed by atoms with Gasteiger partial charge in [-0.1, -0.05) is 6.92 Å². The normalized spacial score (nSPS) is 37.8. The van der Waals surface area contributed by atoms with Crippen LogP contribution in [0.2, 0.25) is 0 Å². The van der Waals surface area contributed by atoms with Crippen LogP contribution in [0.1, 0.15) is 59.8 Å². The van der Waals surface area contributed by atoms with Gasteiger partial charge in [-0.15, -0.1) is 0 Å². The lowest BCUT2D eigenvalue weighted by molar-refractivity contribution is -0.176. The molecule has 0 radical (unpaired) electrons. The molecule has 0 amide bonds. The molecule has 92 valence electrons. The minimum absolute atomic E-state index is 0.0260. The van der Waals surface area contributed by atoms with Crippen LogP contribution in [-0.4, -0.2) is 11.6 Å². The van der Waals surface area contributed by atoms with Crippen LogP contribution in [0.25, 0.3) is 0 Å². The first kappa shape index (κ1) is 11.9. The minimum Gasteiger partial charge on any atom is -0.458 e. The number of carbonyl (C=O) groups excluding carboxylic acids is 1. The Balaban J connectivity index is 2.09. The zero-order chi connectivity index (χ0) is 12.0. The lowest BCUT2D eigenvalue weighted by Gasteiger charge is -2.38. The molecule has 0 heterocycles. The van der Waals surface area contributed by atoms with Gasteiger partial charge in [0.05, 0.1) is 5.41 Å². The van der Waals surface area contributed by atoms with Crippen molar-refractivity contribution in [1.82, 2.24) is 0 Å². The molecule has 2 aliphatic rings. The van der Waals surface area contributed by atoms with Gasteiger partial charge in [-0.25, -0.2) is 0 Å². The number of fused-ring (bicyclic) bond motifs is 2. The Bertz CT molecular complexity index is 290. The SMILES string of the molecule is CC[C@@]1(OC(=O)C(C)(C)C)C[C@@H]2CC[C@H]1C2. The third-order valence-electron chi connectivity index (χ3n) is 4.43. The fourth-order valence-electron chi connectivity index (χ4n) is 3.36. The van der Waals surface area contributed by atoms with Gasteiger partial charge in [-0.05, 0) is 64.7 Å². The minimum atomic E-state index is -0.371. The summed E-state index contributed by atoms with van der Waals surface area (Å²) in [5.41, 5.74) is -0.489. The standard InChI is InChI=1S/C14H24O2/c1-5-14(16-12(15)13(2,3)4)9-10-6-7-11(14)8-10/h10-11H,5-9H2,1-4H3/t10-,11+,14-/m1/s1. The first-order valence-electron chi connectivity index (χ1n) is 6.61. The highest BCUT2D eigenvalue weighted by atomic mass is 16.6. The maximum atomic E-state index is 12.0. The molecule has 0 aromatic heterocycles. The second-order valence-corrected chi connectivity index (χ2v) is 6.64. The molecule has 0 aliphatic heterocycles. The molecule has 2 nitrogen and oxygen atoms in total. The second-order valence-electron chi connectivity index (χ2n) is 6.64. The van der Waals surface area contributed by atoms with Gasteiger partial charge in [-0.3, -0.25) is 4.79 Å². The predicted octanol–water partition coefficient (Wildman–Crippen LogP) is 3.54. The molecule has 2 bridgehead atoms. The number of ether oxygens (including phenoxy) is 1. The molecule has 0 N–H and O–H groups in total. The predicted molar refractivity (Wildman–Crippen MR) is 64.0 cm³/mol. The summed E-state index contributed by atoms with van der Waals surface area (Å²) >= 11 is 0. The van der Waals surface area contributed by atoms with E-state index in [9.17, 15) is 4.79 Å². The molecule has 2 heteroatoms. The summed E-state index contributed by atoms with van der Waals surface area (Å²) in [5, 5.41) is 0. The third-order valence-corrected chi connectivity index (χ3v) is 4.43. The first-order chi connectivity index (χ1) is 7.37. The molecule has 2 rings (SSSR count). The fraction of sp³-hybridized carbons (Fsp3) is 0.929. The number of rotatable bonds is 2. The van der Waals surface area contributed by atoms with Gasteiger partial charge < -0.3 is 4.74 Å². The fourth-order valence-corrected chi connectivity index (χ4v) is 3.36. The van der Waals surface area contributed by atoms with Gasteiger partial charge in [0.15, 0.2) is 0 Å². The average molecular weight is 224 g/mol. The van der Waals surface area contributed by atoms with E-state index in [0.717, 1.165) is 18.8 Å². The van der Waals surface area contributed by atoms with Crippen LogP contribution in [0.3, 0.4) is 0 Å². The summed E-state index contributed by atoms with van der Waals surface area (Å²) in [5.74, 6) is 1.42. The summed E-state index contributed by atoms with van der Waals surface area (Å²) in [4.78, 5) is 12.0. The lowest BCUT2D eigenvalue weighted by atomic mass is 9.81. The molecule has 2 fully saturated rings. The zero-order valence-corrected chi connectivity index (χ0v) is 11.0. The van der Waals surface area contributed by atoms with Crippen LogP contribution in [0.4, 0.5) is 0 Å². The molecule has 3 atom stereocenters. The highest BCUT2D eigenvalue weighted by Crippen LogP contribution is 2.54. The monoisotopic (exact) mass is 224 g/mol. The molecule has 16 heavy (non-hydrogen) atoms. The lowest BCUT2D eigenvalue weighted by Crippen LogP contribution is -2.42. The highest BCUT2D eigenvalue weighted by Gasteiger charge is 2.53. The molecular formula is C14H24O2. The van der Waals surface area contributed by atoms with Crippen molar-refractivity contribution in [3.63, 3.8) is 0 Å². The van der Waals surface area contributed by atoms with Crippen molar-refractivity contribution in [2.75, 3.05) is 0 Å². The van der Waals surface area contributed by atoms with Gasteiger partial charge in [0.2, 0.25) is 0 Å². The Hall–Kier alpha value is -0.530. The van der Waals surface area contributed by atoms with Crippen molar-refractivity contribution in [3.05, 3.63) is 0 Å². The summed E-state index contributed by atoms with van der Waals surface area (Å²) in [6.45, 7) is 7.97. The molecular weight excluding hydrogens is 200 g/mol. The Morgan fingerprint density at radius 3 is 2.44 bits per heavy atom. The number of carbonyl (C=O) groups is 1. The average Bonchev–Trinajstić information content (AvgIpc) is 2.76. The Labute approximate surface area is 98.7 Å². The second kappa shape index (κ2) is 3.75. The van der Waals surface area contributed by atoms with Crippen molar-refractivity contribution in [1.29, 1.82) is 0 Å². The van der Waals surface area contributed by atoms with E-state index in [2.05, 4.69) is 6.92 Å². The summed E-state index contributed by atoms with van der Waals surface area (Å²) in [6.07, 6.45) is 5.98. The molecule has 0 spiro atoms. The van der Waals surface area contributed by atoms with E-state index < -0.39 is 0 Å². The van der Waals surface area contributed by atoms with Gasteiger partial charge >= 0.3 is 5.97 Å². The molecule has 0 saturated heterocycles. The van der Waals surface area contributed by atoms with E-state index in [-0.39, 0.29) is 17.0 Å². The summed E-state index contributed by atoms with van der Waals surface area (Å²) in [6, 6.07) is 0. The van der Waals surface area contributed by atoms with Crippen molar-refractivity contribution in [3.8, 4) is 0 Å². The van der Waals surface area contributed by atoms with E-state index in [0.29, 0.717) is 5.92 Å². The highest BCUT2D eigenvalue weighted by molar-refractivity contribution is 5.75. The third kappa shape index (κ3) is 1.87. The van der Waals surface area contributed by atoms with Crippen molar-refractivity contribution in [2.24, 2.45) is 17.3 Å². The Kier molecular flexibility index (Phi) is 2.80. The summed E-state index contributed by atoms with van der Waals surface area (Å²) in [7, 11) is 0. The van der Waals surface area contributed by atoms with E-state index in [4.69, 9.17) is 4.74 Å². The van der Waals surface area contributed by atoms with Gasteiger partial charge in [0.25, 0.3) is 0 Å². The van der Waals surface area contributed by atoms with E-state index in [1.807, 2.05) is 20.8 Å². The van der Waals surface area contributed by atoms with Crippen LogP contribution in [-0.2, 0) is 9.53 Å². The molecule has 0 aromatic carbocycles. The molecule has 0 aromatic rings. The quantitative estimate of drug-likeness (QED) is 0.671. The Morgan fingerprint density at radius 2 is 2.06 bits per heavy atom. The van der Waals surface area contributed by atoms with Crippen LogP contribution < -0.4 is 0 Å². The number of esters is 1. The van der Waals surface area contributed by atoms with Crippen LogP contribution in [0.15, 0.2) is 0 Å². The van der Waals surface area contributed by atoms with Crippen molar-refractivity contribution in [2.45, 2.75) is 65.4 Å². The zero-order valence-electron chi connectivity index (χ0n) is 11.0. The largest absolute Gasteiger partial charge is 0.458 e. The van der Waals surface area contributed by atoms with Crippen molar-refractivity contribution >= 4 is 5.97 Å². The van der Waals surface area contributed by atoms with Crippen LogP contribution in [0.5, 0.6) is 0 Å². The maximum absolute atomic E-state index is 12.0. The molecule has 0 unspecified atom stereocenters. The van der Waals surface area contributed by atoms with Crippen LogP contribution >= 0.6 is 0 Å². The summed E-state index contributed by atoms with van der Waals surface area (Å²) < 4.78 is 5.91.